The number of halogens is 2. The van der Waals surface area contributed by atoms with Gasteiger partial charge in [0.1, 0.15) is 18.0 Å². The third-order valence-electron chi connectivity index (χ3n) is 3.02. The highest BCUT2D eigenvalue weighted by Crippen LogP contribution is 2.15. The van der Waals surface area contributed by atoms with Gasteiger partial charge in [0.25, 0.3) is 5.56 Å². The molecule has 0 bridgehead atoms. The highest BCUT2D eigenvalue weighted by Gasteiger charge is 2.06. The van der Waals surface area contributed by atoms with Gasteiger partial charge >= 0.3 is 5.97 Å². The summed E-state index contributed by atoms with van der Waals surface area (Å²) < 4.78 is 12.2. The topological polar surface area (TPSA) is 73.8 Å². The molecule has 0 spiro atoms. The molecule has 0 atom stereocenters. The minimum atomic E-state index is -0.569. The molecule has 24 heavy (non-hydrogen) atoms. The van der Waals surface area contributed by atoms with Crippen molar-refractivity contribution in [1.29, 1.82) is 0 Å². The third-order valence-corrected chi connectivity index (χ3v) is 3.67. The number of rotatable bonds is 4. The monoisotopic (exact) mass is 408 g/mol. The molecular weight excluding hydrogens is 400 g/mol. The van der Waals surface area contributed by atoms with Crippen molar-refractivity contribution in [1.82, 2.24) is 9.38 Å². The Morgan fingerprint density at radius 1 is 1.38 bits per heavy atom. The van der Waals surface area contributed by atoms with Crippen LogP contribution in [0.25, 0.3) is 11.7 Å². The minimum absolute atomic E-state index is 0.112. The smallest absolute Gasteiger partial charge is 0.331 e. The van der Waals surface area contributed by atoms with Crippen molar-refractivity contribution in [3.05, 3.63) is 74.1 Å². The lowest BCUT2D eigenvalue weighted by atomic mass is 10.4. The molecule has 8 heteroatoms. The van der Waals surface area contributed by atoms with Crippen LogP contribution in [-0.2, 0) is 16.1 Å². The van der Waals surface area contributed by atoms with E-state index >= 15 is 0 Å². The number of carbonyl (C=O) groups is 1. The van der Waals surface area contributed by atoms with Crippen LogP contribution in [0.2, 0.25) is 5.02 Å². The molecule has 0 amide bonds. The predicted molar refractivity (Wildman–Crippen MR) is 91.7 cm³/mol. The van der Waals surface area contributed by atoms with Gasteiger partial charge in [-0.05, 0) is 46.3 Å². The Bertz CT molecular complexity index is 993. The average molecular weight is 410 g/mol. The molecule has 0 fully saturated rings. The summed E-state index contributed by atoms with van der Waals surface area (Å²) >= 11 is 9.01. The Morgan fingerprint density at radius 2 is 2.21 bits per heavy atom. The second kappa shape index (κ2) is 7.02. The second-order valence-corrected chi connectivity index (χ2v) is 5.96. The van der Waals surface area contributed by atoms with Crippen LogP contribution in [0.5, 0.6) is 0 Å². The normalized spacial score (nSPS) is 11.2. The number of hydrogen-bond acceptors (Lipinski definition) is 5. The first-order chi connectivity index (χ1) is 11.5. The number of pyridine rings is 1. The molecule has 0 aliphatic heterocycles. The van der Waals surface area contributed by atoms with Crippen LogP contribution in [0.1, 0.15) is 11.5 Å². The lowest BCUT2D eigenvalue weighted by Gasteiger charge is -2.04. The van der Waals surface area contributed by atoms with E-state index in [2.05, 4.69) is 20.9 Å². The minimum Gasteiger partial charge on any atom is -0.456 e. The Balaban J connectivity index is 1.69. The summed E-state index contributed by atoms with van der Waals surface area (Å²) in [6, 6.07) is 7.95. The first kappa shape index (κ1) is 16.5. The standard InChI is InChI=1S/C16H10BrClN2O4/c17-13-4-2-12(24-13)3-6-16(22)23-9-11-7-15(21)20-8-10(18)1-5-14(20)19-11/h1-8H,9H2/b6-3+. The number of nitrogens with zero attached hydrogens (tertiary/aromatic N) is 2. The molecule has 6 nitrogen and oxygen atoms in total. The van der Waals surface area contributed by atoms with E-state index in [1.54, 1.807) is 24.3 Å². The number of esters is 1. The van der Waals surface area contributed by atoms with Crippen molar-refractivity contribution in [2.45, 2.75) is 6.61 Å². The zero-order valence-electron chi connectivity index (χ0n) is 12.1. The van der Waals surface area contributed by atoms with Crippen molar-refractivity contribution in [2.24, 2.45) is 0 Å². The van der Waals surface area contributed by atoms with E-state index in [0.717, 1.165) is 0 Å². The van der Waals surface area contributed by atoms with Crippen molar-refractivity contribution in [3.63, 3.8) is 0 Å². The summed E-state index contributed by atoms with van der Waals surface area (Å²) in [5.74, 6) is -0.0570. The van der Waals surface area contributed by atoms with E-state index < -0.39 is 5.97 Å². The van der Waals surface area contributed by atoms with E-state index in [1.165, 1.54) is 28.8 Å². The molecule has 0 N–H and O–H groups in total. The molecule has 122 valence electrons. The van der Waals surface area contributed by atoms with Crippen LogP contribution in [-0.4, -0.2) is 15.4 Å². The zero-order valence-corrected chi connectivity index (χ0v) is 14.5. The van der Waals surface area contributed by atoms with Gasteiger partial charge in [-0.25, -0.2) is 9.78 Å². The predicted octanol–water partition coefficient (Wildman–Crippen LogP) is 3.46. The van der Waals surface area contributed by atoms with Gasteiger partial charge in [-0.15, -0.1) is 0 Å². The van der Waals surface area contributed by atoms with Gasteiger partial charge < -0.3 is 9.15 Å². The van der Waals surface area contributed by atoms with E-state index in [4.69, 9.17) is 20.8 Å². The molecule has 0 saturated carbocycles. The molecule has 3 rings (SSSR count). The van der Waals surface area contributed by atoms with Crippen LogP contribution in [0.3, 0.4) is 0 Å². The maximum atomic E-state index is 12.0. The summed E-state index contributed by atoms with van der Waals surface area (Å²) in [6.07, 6.45) is 4.20. The Hall–Kier alpha value is -2.38. The largest absolute Gasteiger partial charge is 0.456 e. The second-order valence-electron chi connectivity index (χ2n) is 4.74. The highest BCUT2D eigenvalue weighted by molar-refractivity contribution is 9.10. The van der Waals surface area contributed by atoms with Crippen LogP contribution in [0.4, 0.5) is 0 Å². The Labute approximate surface area is 149 Å². The quantitative estimate of drug-likeness (QED) is 0.487. The molecular formula is C16H10BrClN2O4. The number of carbonyl (C=O) groups excluding carboxylic acids is 1. The lowest BCUT2D eigenvalue weighted by Crippen LogP contribution is -2.16. The first-order valence-corrected chi connectivity index (χ1v) is 7.96. The summed E-state index contributed by atoms with van der Waals surface area (Å²) in [5.41, 5.74) is 0.475. The van der Waals surface area contributed by atoms with E-state index in [1.807, 2.05) is 0 Å². The van der Waals surface area contributed by atoms with Gasteiger partial charge in [0, 0.05) is 18.3 Å². The Kier molecular flexibility index (Phi) is 4.82. The maximum Gasteiger partial charge on any atom is 0.331 e. The fourth-order valence-corrected chi connectivity index (χ4v) is 2.44. The van der Waals surface area contributed by atoms with Crippen LogP contribution in [0.15, 0.2) is 56.5 Å². The van der Waals surface area contributed by atoms with Crippen molar-refractivity contribution < 1.29 is 13.9 Å². The molecule has 0 aliphatic carbocycles. The number of fused-ring (bicyclic) bond motifs is 1. The summed E-state index contributed by atoms with van der Waals surface area (Å²) in [5, 5.41) is 0.431. The third kappa shape index (κ3) is 3.93. The SMILES string of the molecule is O=C(/C=C/c1ccc(Br)o1)OCc1cc(=O)n2cc(Cl)ccc2n1. The molecule has 0 aliphatic rings. The highest BCUT2D eigenvalue weighted by atomic mass is 79.9. The molecule has 0 radical (unpaired) electrons. The average Bonchev–Trinajstić information content (AvgIpc) is 2.97. The van der Waals surface area contributed by atoms with Gasteiger partial charge in [-0.1, -0.05) is 11.6 Å². The molecule has 0 unspecified atom stereocenters. The van der Waals surface area contributed by atoms with E-state index in [-0.39, 0.29) is 12.2 Å². The number of furan rings is 1. The summed E-state index contributed by atoms with van der Waals surface area (Å²) in [6.45, 7) is -0.112. The number of hydrogen-bond donors (Lipinski definition) is 0. The Morgan fingerprint density at radius 3 is 2.96 bits per heavy atom. The molecule has 3 aromatic heterocycles. The molecule has 3 heterocycles. The maximum absolute atomic E-state index is 12.0. The zero-order chi connectivity index (χ0) is 17.1. The van der Waals surface area contributed by atoms with Crippen molar-refractivity contribution >= 4 is 45.2 Å². The van der Waals surface area contributed by atoms with Gasteiger partial charge in [-0.3, -0.25) is 9.20 Å². The molecule has 0 aromatic carbocycles. The number of ether oxygens (including phenoxy) is 1. The molecule has 0 saturated heterocycles. The van der Waals surface area contributed by atoms with Crippen molar-refractivity contribution in [2.75, 3.05) is 0 Å². The first-order valence-electron chi connectivity index (χ1n) is 6.79. The fraction of sp³-hybridized carbons (Fsp3) is 0.0625. The fourth-order valence-electron chi connectivity index (χ4n) is 1.96. The number of aromatic nitrogens is 2. The van der Waals surface area contributed by atoms with E-state index in [9.17, 15) is 9.59 Å². The van der Waals surface area contributed by atoms with Gasteiger partial charge in [-0.2, -0.15) is 0 Å². The lowest BCUT2D eigenvalue weighted by molar-refractivity contribution is -0.139. The van der Waals surface area contributed by atoms with Crippen LogP contribution < -0.4 is 5.56 Å². The van der Waals surface area contributed by atoms with Gasteiger partial charge in [0.15, 0.2) is 4.67 Å². The van der Waals surface area contributed by atoms with Gasteiger partial charge in [0.05, 0.1) is 10.7 Å². The van der Waals surface area contributed by atoms with Gasteiger partial charge in [0.2, 0.25) is 0 Å². The summed E-state index contributed by atoms with van der Waals surface area (Å²) in [7, 11) is 0. The molecule has 3 aromatic rings. The van der Waals surface area contributed by atoms with Crippen LogP contribution >= 0.6 is 27.5 Å². The summed E-state index contributed by atoms with van der Waals surface area (Å²) in [4.78, 5) is 28.0. The van der Waals surface area contributed by atoms with Crippen LogP contribution in [0, 0.1) is 0 Å². The van der Waals surface area contributed by atoms with Crippen molar-refractivity contribution in [3.8, 4) is 0 Å². The van der Waals surface area contributed by atoms with E-state index in [0.29, 0.717) is 26.8 Å².